The smallest absolute Gasteiger partial charge is 0.358 e. The molecule has 2 heterocycles. The number of carbonyl (C=O) groups excluding carboxylic acids is 1. The first-order valence-electron chi connectivity index (χ1n) is 11.9. The number of nitrogens with zero attached hydrogens (tertiary/aromatic N) is 2. The molecule has 10 heteroatoms. The molecule has 0 bridgehead atoms. The van der Waals surface area contributed by atoms with E-state index >= 15 is 0 Å². The first-order valence-corrected chi connectivity index (χ1v) is 18.5. The number of aromatic nitrogens is 2. The van der Waals surface area contributed by atoms with E-state index in [-0.39, 0.29) is 23.6 Å². The largest absolute Gasteiger partial charge is 0.464 e. The Morgan fingerprint density at radius 1 is 1.24 bits per heavy atom. The molecule has 0 amide bonds. The van der Waals surface area contributed by atoms with E-state index in [4.69, 9.17) is 18.6 Å². The average molecular weight is 501 g/mol. The maximum absolute atomic E-state index is 12.2. The Morgan fingerprint density at radius 3 is 2.39 bits per heavy atom. The van der Waals surface area contributed by atoms with Crippen molar-refractivity contribution in [3.05, 3.63) is 17.5 Å². The van der Waals surface area contributed by atoms with Gasteiger partial charge in [-0.2, -0.15) is 5.10 Å². The molecule has 0 spiro atoms. The van der Waals surface area contributed by atoms with Crippen molar-refractivity contribution in [2.24, 2.45) is 0 Å². The number of esters is 1. The van der Waals surface area contributed by atoms with Crippen LogP contribution in [0, 0.1) is 0 Å². The fraction of sp³-hybridized carbons (Fsp3) is 0.826. The van der Waals surface area contributed by atoms with Gasteiger partial charge in [-0.05, 0) is 36.7 Å². The third-order valence-corrected chi connectivity index (χ3v) is 12.9. The topological polar surface area (TPSA) is 92.0 Å². The van der Waals surface area contributed by atoms with Gasteiger partial charge < -0.3 is 23.7 Å². The minimum atomic E-state index is -2.21. The Kier molecular flexibility index (Phi) is 9.14. The maximum Gasteiger partial charge on any atom is 0.358 e. The third kappa shape index (κ3) is 6.98. The Balaban J connectivity index is 2.38. The van der Waals surface area contributed by atoms with Gasteiger partial charge in [0, 0.05) is 14.7 Å². The summed E-state index contributed by atoms with van der Waals surface area (Å²) in [6, 6.07) is 2.70. The number of carbonyl (C=O) groups is 1. The van der Waals surface area contributed by atoms with Crippen molar-refractivity contribution in [3.63, 3.8) is 0 Å². The first-order chi connectivity index (χ1) is 15.1. The Bertz CT molecular complexity index is 800. The summed E-state index contributed by atoms with van der Waals surface area (Å²) in [4.78, 5) is 12.2. The van der Waals surface area contributed by atoms with Crippen molar-refractivity contribution in [3.8, 4) is 0 Å². The summed E-state index contributed by atoms with van der Waals surface area (Å²) in [6.07, 6.45) is -1.60. The third-order valence-electron chi connectivity index (χ3n) is 6.68. The minimum absolute atomic E-state index is 0.0288. The molecule has 8 nitrogen and oxygen atoms in total. The highest BCUT2D eigenvalue weighted by molar-refractivity contribution is 6.76. The zero-order chi connectivity index (χ0) is 25.2. The van der Waals surface area contributed by atoms with Crippen LogP contribution in [0.4, 0.5) is 0 Å². The summed E-state index contributed by atoms with van der Waals surface area (Å²) in [5.74, 6) is -0.524. The summed E-state index contributed by atoms with van der Waals surface area (Å²) >= 11 is 0. The predicted octanol–water partition coefficient (Wildman–Crippen LogP) is 4.58. The zero-order valence-corrected chi connectivity index (χ0v) is 24.1. The second-order valence-corrected chi connectivity index (χ2v) is 22.0. The van der Waals surface area contributed by atoms with Crippen molar-refractivity contribution < 1.29 is 28.5 Å². The van der Waals surface area contributed by atoms with Crippen LogP contribution in [0.5, 0.6) is 0 Å². The zero-order valence-electron chi connectivity index (χ0n) is 22.1. The highest BCUT2D eigenvalue weighted by atomic mass is 28.4. The Hall–Kier alpha value is -1.05. The average Bonchev–Trinajstić information content (AvgIpc) is 3.24. The van der Waals surface area contributed by atoms with E-state index in [1.165, 1.54) is 7.11 Å². The Labute approximate surface area is 201 Å². The lowest BCUT2D eigenvalue weighted by molar-refractivity contribution is -0.00363. The van der Waals surface area contributed by atoms with Crippen LogP contribution in [-0.4, -0.2) is 69.3 Å². The van der Waals surface area contributed by atoms with Gasteiger partial charge in [0.05, 0.1) is 18.9 Å². The van der Waals surface area contributed by atoms with Crippen molar-refractivity contribution in [1.82, 2.24) is 9.78 Å². The van der Waals surface area contributed by atoms with Gasteiger partial charge in [-0.25, -0.2) is 9.48 Å². The van der Waals surface area contributed by atoms with E-state index in [0.717, 1.165) is 6.04 Å². The van der Waals surface area contributed by atoms with Crippen LogP contribution in [0.25, 0.3) is 0 Å². The fourth-order valence-corrected chi connectivity index (χ4v) is 5.51. The summed E-state index contributed by atoms with van der Waals surface area (Å²) < 4.78 is 25.4. The highest BCUT2D eigenvalue weighted by Gasteiger charge is 2.50. The van der Waals surface area contributed by atoms with E-state index in [1.807, 2.05) is 6.92 Å². The maximum atomic E-state index is 12.2. The van der Waals surface area contributed by atoms with Crippen LogP contribution in [0.1, 0.15) is 56.4 Å². The molecule has 1 fully saturated rings. The van der Waals surface area contributed by atoms with Gasteiger partial charge in [0.25, 0.3) is 0 Å². The normalized spacial score (nSPS) is 24.3. The monoisotopic (exact) mass is 500 g/mol. The number of hydrogen-bond donors (Lipinski definition) is 1. The summed E-state index contributed by atoms with van der Waals surface area (Å²) in [5, 5.41) is 15.5. The van der Waals surface area contributed by atoms with Gasteiger partial charge in [-0.15, -0.1) is 0 Å². The molecule has 1 aliphatic heterocycles. The Morgan fingerprint density at radius 2 is 1.88 bits per heavy atom. The van der Waals surface area contributed by atoms with Gasteiger partial charge in [0.1, 0.15) is 25.0 Å². The van der Waals surface area contributed by atoms with Gasteiger partial charge in [0.15, 0.2) is 14.0 Å². The van der Waals surface area contributed by atoms with Crippen LogP contribution in [0.3, 0.4) is 0 Å². The first kappa shape index (κ1) is 28.2. The molecule has 33 heavy (non-hydrogen) atoms. The molecule has 0 aromatic carbocycles. The second kappa shape index (κ2) is 10.7. The highest BCUT2D eigenvalue weighted by Crippen LogP contribution is 2.43. The lowest BCUT2D eigenvalue weighted by Gasteiger charge is -2.40. The molecule has 0 aliphatic carbocycles. The molecule has 0 unspecified atom stereocenters. The molecule has 190 valence electrons. The summed E-state index contributed by atoms with van der Waals surface area (Å²) in [7, 11) is -2.11. The number of ether oxygens (including phenoxy) is 3. The molecule has 4 atom stereocenters. The number of hydrogen-bond acceptors (Lipinski definition) is 7. The van der Waals surface area contributed by atoms with Crippen LogP contribution in [-0.2, 0) is 25.4 Å². The fourth-order valence-electron chi connectivity index (χ4n) is 3.46. The molecule has 1 aromatic rings. The van der Waals surface area contributed by atoms with Crippen molar-refractivity contribution in [1.29, 1.82) is 0 Å². The van der Waals surface area contributed by atoms with E-state index in [2.05, 4.69) is 58.6 Å². The summed E-state index contributed by atoms with van der Waals surface area (Å²) in [5.41, 5.74) is 0.840. The van der Waals surface area contributed by atoms with Crippen LogP contribution >= 0.6 is 0 Å². The quantitative estimate of drug-likeness (QED) is 0.285. The molecule has 1 N–H and O–H groups in total. The SMILES string of the molecule is CC[C@H]1O[C@@H](c2cc(C(=O)OC)nn2COCC[Si](C)(C)C)[C@H](O[Si](C)(C)C(C)(C)C)[C@@H]1O. The number of methoxy groups -OCH3 is 1. The van der Waals surface area contributed by atoms with Crippen LogP contribution < -0.4 is 0 Å². The molecule has 2 rings (SSSR count). The van der Waals surface area contributed by atoms with Crippen LogP contribution in [0.2, 0.25) is 43.8 Å². The molecule has 0 saturated carbocycles. The van der Waals surface area contributed by atoms with Crippen LogP contribution in [0.15, 0.2) is 6.07 Å². The lowest BCUT2D eigenvalue weighted by atomic mass is 10.0. The number of rotatable bonds is 10. The lowest BCUT2D eigenvalue weighted by Crippen LogP contribution is -2.48. The standard InChI is InChI=1S/C23H44N2O6Si2/c1-11-18-19(26)21(31-33(9,10)23(2,3)4)20(30-18)17-14-16(22(27)28-5)24-25(17)15-29-12-13-32(6,7)8/h14,18-21,26H,11-13,15H2,1-10H3/t18-,19-,20+,21-/m1/s1. The van der Waals surface area contributed by atoms with E-state index in [0.29, 0.717) is 18.7 Å². The van der Waals surface area contributed by atoms with E-state index < -0.39 is 40.7 Å². The predicted molar refractivity (Wildman–Crippen MR) is 134 cm³/mol. The van der Waals surface area contributed by atoms with Crippen molar-refractivity contribution in [2.75, 3.05) is 13.7 Å². The van der Waals surface area contributed by atoms with Gasteiger partial charge in [-0.3, -0.25) is 0 Å². The number of aliphatic hydroxyl groups is 1. The van der Waals surface area contributed by atoms with Gasteiger partial charge in [-0.1, -0.05) is 47.3 Å². The van der Waals surface area contributed by atoms with E-state index in [1.54, 1.807) is 10.7 Å². The summed E-state index contributed by atoms with van der Waals surface area (Å²) in [6.45, 7) is 20.5. The van der Waals surface area contributed by atoms with Gasteiger partial charge >= 0.3 is 5.97 Å². The molecule has 1 aliphatic rings. The molecular formula is C23H44N2O6Si2. The van der Waals surface area contributed by atoms with Crippen molar-refractivity contribution in [2.45, 2.75) is 109 Å². The molecule has 0 radical (unpaired) electrons. The van der Waals surface area contributed by atoms with Crippen molar-refractivity contribution >= 4 is 22.4 Å². The minimum Gasteiger partial charge on any atom is -0.464 e. The second-order valence-electron chi connectivity index (χ2n) is 11.6. The number of aliphatic hydroxyl groups excluding tert-OH is 1. The van der Waals surface area contributed by atoms with Gasteiger partial charge in [0.2, 0.25) is 0 Å². The molecule has 1 saturated heterocycles. The van der Waals surface area contributed by atoms with E-state index in [9.17, 15) is 9.90 Å². The molecule has 1 aromatic heterocycles. The molecular weight excluding hydrogens is 456 g/mol.